The van der Waals surface area contributed by atoms with Crippen LogP contribution in [0.1, 0.15) is 19.8 Å². The van der Waals surface area contributed by atoms with E-state index in [1.54, 1.807) is 0 Å². The molecule has 1 aliphatic rings. The summed E-state index contributed by atoms with van der Waals surface area (Å²) >= 11 is 0. The predicted molar refractivity (Wildman–Crippen MR) is 76.8 cm³/mol. The monoisotopic (exact) mass is 276 g/mol. The Morgan fingerprint density at radius 2 is 1.70 bits per heavy atom. The second-order valence-corrected chi connectivity index (χ2v) is 5.03. The van der Waals surface area contributed by atoms with Crippen LogP contribution in [-0.4, -0.2) is 28.6 Å². The minimum Gasteiger partial charge on any atom is -0.350 e. The molecule has 5 heteroatoms. The summed E-state index contributed by atoms with van der Waals surface area (Å²) in [6.45, 7) is 4.76. The average Bonchev–Trinajstić information content (AvgIpc) is 3.06. The normalized spacial score (nSPS) is 16.2. The van der Waals surface area contributed by atoms with Gasteiger partial charge in [-0.3, -0.25) is 9.13 Å². The van der Waals surface area contributed by atoms with E-state index in [2.05, 4.69) is 6.92 Å². The second-order valence-electron chi connectivity index (χ2n) is 5.03. The van der Waals surface area contributed by atoms with E-state index in [0.717, 1.165) is 24.0 Å². The molecule has 0 saturated carbocycles. The van der Waals surface area contributed by atoms with Crippen LogP contribution >= 0.6 is 0 Å². The van der Waals surface area contributed by atoms with E-state index in [0.29, 0.717) is 26.2 Å². The van der Waals surface area contributed by atoms with Crippen LogP contribution in [0.5, 0.6) is 0 Å². The van der Waals surface area contributed by atoms with Gasteiger partial charge >= 0.3 is 5.69 Å². The Hall–Kier alpha value is -1.59. The molecule has 1 fully saturated rings. The smallest absolute Gasteiger partial charge is 0.329 e. The van der Waals surface area contributed by atoms with E-state index >= 15 is 0 Å². The number of benzene rings is 1. The zero-order valence-electron chi connectivity index (χ0n) is 11.7. The number of ether oxygens (including phenoxy) is 2. The summed E-state index contributed by atoms with van der Waals surface area (Å²) in [6.07, 6.45) is 1.48. The molecule has 0 radical (unpaired) electrons. The highest BCUT2D eigenvalue weighted by molar-refractivity contribution is 5.75. The lowest BCUT2D eigenvalue weighted by Crippen LogP contribution is -2.26. The van der Waals surface area contributed by atoms with Gasteiger partial charge in [-0.15, -0.1) is 0 Å². The summed E-state index contributed by atoms with van der Waals surface area (Å²) in [5.41, 5.74) is 2.06. The quantitative estimate of drug-likeness (QED) is 0.839. The molecule has 108 valence electrons. The molecule has 1 aromatic heterocycles. The maximum Gasteiger partial charge on any atom is 0.329 e. The van der Waals surface area contributed by atoms with Gasteiger partial charge in [-0.25, -0.2) is 4.79 Å². The third kappa shape index (κ3) is 2.39. The average molecular weight is 276 g/mol. The van der Waals surface area contributed by atoms with Crippen LogP contribution in [0, 0.1) is 0 Å². The largest absolute Gasteiger partial charge is 0.350 e. The van der Waals surface area contributed by atoms with E-state index < -0.39 is 0 Å². The standard InChI is InChI=1S/C15H20N2O3/c1-2-8-16-12-5-3-4-6-13(12)17(15(16)18)9-7-14-19-10-11-20-14/h3-6,14H,2,7-11H2,1H3. The van der Waals surface area contributed by atoms with Gasteiger partial charge in [0.1, 0.15) is 0 Å². The van der Waals surface area contributed by atoms with Crippen LogP contribution in [0.4, 0.5) is 0 Å². The maximum absolute atomic E-state index is 12.5. The molecule has 20 heavy (non-hydrogen) atoms. The van der Waals surface area contributed by atoms with Crippen molar-refractivity contribution in [2.75, 3.05) is 13.2 Å². The summed E-state index contributed by atoms with van der Waals surface area (Å²) in [5.74, 6) is 0. The second kappa shape index (κ2) is 5.81. The third-order valence-corrected chi connectivity index (χ3v) is 3.65. The van der Waals surface area contributed by atoms with Gasteiger partial charge in [0, 0.05) is 19.5 Å². The highest BCUT2D eigenvalue weighted by Crippen LogP contribution is 2.15. The van der Waals surface area contributed by atoms with Crippen molar-refractivity contribution >= 4 is 11.0 Å². The van der Waals surface area contributed by atoms with Crippen molar-refractivity contribution < 1.29 is 9.47 Å². The Labute approximate surface area is 117 Å². The fraction of sp³-hybridized carbons (Fsp3) is 0.533. The highest BCUT2D eigenvalue weighted by Gasteiger charge is 2.18. The number of hydrogen-bond acceptors (Lipinski definition) is 3. The fourth-order valence-electron chi connectivity index (χ4n) is 2.74. The van der Waals surface area contributed by atoms with Crippen molar-refractivity contribution in [1.29, 1.82) is 0 Å². The topological polar surface area (TPSA) is 45.4 Å². The maximum atomic E-state index is 12.5. The van der Waals surface area contributed by atoms with Gasteiger partial charge in [-0.2, -0.15) is 0 Å². The first kappa shape index (κ1) is 13.4. The van der Waals surface area contributed by atoms with E-state index in [-0.39, 0.29) is 12.0 Å². The molecule has 2 heterocycles. The van der Waals surface area contributed by atoms with Crippen molar-refractivity contribution in [2.24, 2.45) is 0 Å². The van der Waals surface area contributed by atoms with Gasteiger partial charge < -0.3 is 9.47 Å². The van der Waals surface area contributed by atoms with E-state index in [9.17, 15) is 4.79 Å². The Morgan fingerprint density at radius 1 is 1.10 bits per heavy atom. The molecule has 3 rings (SSSR count). The summed E-state index contributed by atoms with van der Waals surface area (Å²) in [4.78, 5) is 12.5. The minimum absolute atomic E-state index is 0.0612. The Bertz CT molecular complexity index is 638. The molecule has 0 aliphatic carbocycles. The minimum atomic E-state index is -0.171. The Kier molecular flexibility index (Phi) is 3.89. The number of rotatable bonds is 5. The van der Waals surface area contributed by atoms with Crippen LogP contribution < -0.4 is 5.69 Å². The molecule has 1 aliphatic heterocycles. The molecule has 2 aromatic rings. The third-order valence-electron chi connectivity index (χ3n) is 3.65. The molecule has 0 bridgehead atoms. The zero-order valence-corrected chi connectivity index (χ0v) is 11.7. The van der Waals surface area contributed by atoms with Crippen LogP contribution in [0.15, 0.2) is 29.1 Å². The fourth-order valence-corrected chi connectivity index (χ4v) is 2.74. The molecule has 5 nitrogen and oxygen atoms in total. The number of aryl methyl sites for hydroxylation is 2. The van der Waals surface area contributed by atoms with Crippen LogP contribution in [-0.2, 0) is 22.6 Å². The lowest BCUT2D eigenvalue weighted by molar-refractivity contribution is -0.0490. The summed E-state index contributed by atoms with van der Waals surface area (Å²) in [6, 6.07) is 7.95. The molecule has 0 amide bonds. The van der Waals surface area contributed by atoms with Crippen molar-refractivity contribution in [3.05, 3.63) is 34.7 Å². The van der Waals surface area contributed by atoms with Gasteiger partial charge in [-0.05, 0) is 18.6 Å². The summed E-state index contributed by atoms with van der Waals surface area (Å²) < 4.78 is 14.6. The molecular weight excluding hydrogens is 256 g/mol. The van der Waals surface area contributed by atoms with Gasteiger partial charge in [0.15, 0.2) is 6.29 Å². The number of imidazole rings is 1. The lowest BCUT2D eigenvalue weighted by Gasteiger charge is -2.09. The zero-order chi connectivity index (χ0) is 13.9. The van der Waals surface area contributed by atoms with Crippen molar-refractivity contribution in [3.63, 3.8) is 0 Å². The number of nitrogens with zero attached hydrogens (tertiary/aromatic N) is 2. The molecule has 0 N–H and O–H groups in total. The SMILES string of the molecule is CCCn1c(=O)n(CCC2OCCO2)c2ccccc21. The van der Waals surface area contributed by atoms with Crippen molar-refractivity contribution in [1.82, 2.24) is 9.13 Å². The van der Waals surface area contributed by atoms with Gasteiger partial charge in [0.25, 0.3) is 0 Å². The molecule has 1 saturated heterocycles. The van der Waals surface area contributed by atoms with E-state index in [4.69, 9.17) is 9.47 Å². The first-order valence-electron chi connectivity index (χ1n) is 7.22. The first-order chi connectivity index (χ1) is 9.81. The lowest BCUT2D eigenvalue weighted by atomic mass is 10.3. The Morgan fingerprint density at radius 3 is 2.30 bits per heavy atom. The van der Waals surface area contributed by atoms with E-state index in [1.807, 2.05) is 33.4 Å². The van der Waals surface area contributed by atoms with E-state index in [1.165, 1.54) is 0 Å². The van der Waals surface area contributed by atoms with Gasteiger partial charge in [0.2, 0.25) is 0 Å². The van der Waals surface area contributed by atoms with Gasteiger partial charge in [0.05, 0.1) is 24.2 Å². The number of para-hydroxylation sites is 2. The van der Waals surface area contributed by atoms with Crippen molar-refractivity contribution in [3.8, 4) is 0 Å². The van der Waals surface area contributed by atoms with Crippen LogP contribution in [0.2, 0.25) is 0 Å². The van der Waals surface area contributed by atoms with Gasteiger partial charge in [-0.1, -0.05) is 19.1 Å². The first-order valence-corrected chi connectivity index (χ1v) is 7.22. The predicted octanol–water partition coefficient (Wildman–Crippen LogP) is 1.98. The summed E-state index contributed by atoms with van der Waals surface area (Å²) in [5, 5.41) is 0. The summed E-state index contributed by atoms with van der Waals surface area (Å²) in [7, 11) is 0. The molecule has 0 atom stereocenters. The van der Waals surface area contributed by atoms with Crippen LogP contribution in [0.3, 0.4) is 0 Å². The molecule has 1 aromatic carbocycles. The Balaban J connectivity index is 1.92. The number of hydrogen-bond donors (Lipinski definition) is 0. The number of aromatic nitrogens is 2. The van der Waals surface area contributed by atoms with Crippen molar-refractivity contribution in [2.45, 2.75) is 39.1 Å². The molecular formula is C15H20N2O3. The van der Waals surface area contributed by atoms with Crippen LogP contribution in [0.25, 0.3) is 11.0 Å². The number of fused-ring (bicyclic) bond motifs is 1. The highest BCUT2D eigenvalue weighted by atomic mass is 16.7. The molecule has 0 unspecified atom stereocenters. The molecule has 0 spiro atoms.